The average molecular weight is 171 g/mol. The van der Waals surface area contributed by atoms with Crippen LogP contribution in [0, 0.1) is 5.92 Å². The third kappa shape index (κ3) is 3.74. The van der Waals surface area contributed by atoms with Gasteiger partial charge in [0, 0.05) is 12.0 Å². The van der Waals surface area contributed by atoms with Crippen LogP contribution in [0.2, 0.25) is 0 Å². The van der Waals surface area contributed by atoms with E-state index in [0.29, 0.717) is 6.04 Å². The molecular formula is C10H21NO. The van der Waals surface area contributed by atoms with Crippen molar-refractivity contribution >= 4 is 5.91 Å². The van der Waals surface area contributed by atoms with Crippen LogP contribution in [0.25, 0.3) is 0 Å². The van der Waals surface area contributed by atoms with E-state index in [0.717, 1.165) is 19.3 Å². The molecule has 2 nitrogen and oxygen atoms in total. The molecule has 72 valence electrons. The molecule has 1 amide bonds. The molecule has 0 aromatic rings. The van der Waals surface area contributed by atoms with Crippen LogP contribution in [-0.4, -0.2) is 11.9 Å². The number of hydrogen-bond donors (Lipinski definition) is 1. The van der Waals surface area contributed by atoms with Crippen LogP contribution in [0.5, 0.6) is 0 Å². The highest BCUT2D eigenvalue weighted by Crippen LogP contribution is 2.03. The van der Waals surface area contributed by atoms with Gasteiger partial charge in [0.25, 0.3) is 0 Å². The van der Waals surface area contributed by atoms with Crippen LogP contribution >= 0.6 is 0 Å². The van der Waals surface area contributed by atoms with Crippen LogP contribution in [-0.2, 0) is 4.79 Å². The summed E-state index contributed by atoms with van der Waals surface area (Å²) in [5.41, 5.74) is 0. The second-order valence-electron chi connectivity index (χ2n) is 3.33. The molecule has 0 saturated heterocycles. The maximum Gasteiger partial charge on any atom is 0.223 e. The first kappa shape index (κ1) is 11.5. The van der Waals surface area contributed by atoms with Crippen LogP contribution in [0.1, 0.15) is 47.0 Å². The van der Waals surface area contributed by atoms with Gasteiger partial charge < -0.3 is 5.32 Å². The van der Waals surface area contributed by atoms with E-state index in [4.69, 9.17) is 0 Å². The first-order valence-corrected chi connectivity index (χ1v) is 4.95. The Balaban J connectivity index is 3.81. The topological polar surface area (TPSA) is 29.1 Å². The summed E-state index contributed by atoms with van der Waals surface area (Å²) < 4.78 is 0. The molecule has 0 aliphatic heterocycles. The predicted molar refractivity (Wildman–Crippen MR) is 52.0 cm³/mol. The van der Waals surface area contributed by atoms with Crippen molar-refractivity contribution in [3.63, 3.8) is 0 Å². The fourth-order valence-electron chi connectivity index (χ4n) is 1.02. The third-order valence-corrected chi connectivity index (χ3v) is 2.39. The van der Waals surface area contributed by atoms with E-state index in [9.17, 15) is 4.79 Å². The van der Waals surface area contributed by atoms with Gasteiger partial charge >= 0.3 is 0 Å². The van der Waals surface area contributed by atoms with E-state index in [1.165, 1.54) is 0 Å². The summed E-state index contributed by atoms with van der Waals surface area (Å²) in [4.78, 5) is 11.4. The van der Waals surface area contributed by atoms with Gasteiger partial charge in [-0.05, 0) is 19.3 Å². The highest BCUT2D eigenvalue weighted by atomic mass is 16.1. The van der Waals surface area contributed by atoms with Gasteiger partial charge in [0.2, 0.25) is 5.91 Å². The highest BCUT2D eigenvalue weighted by molar-refractivity contribution is 5.78. The van der Waals surface area contributed by atoms with Gasteiger partial charge in [0.05, 0.1) is 0 Å². The van der Waals surface area contributed by atoms with Crippen molar-refractivity contribution in [3.05, 3.63) is 0 Å². The number of nitrogens with one attached hydrogen (secondary N) is 1. The maximum atomic E-state index is 11.4. The number of carbonyl (C=O) groups excluding carboxylic acids is 1. The van der Waals surface area contributed by atoms with Gasteiger partial charge in [0.15, 0.2) is 0 Å². The van der Waals surface area contributed by atoms with Crippen molar-refractivity contribution in [2.24, 2.45) is 5.92 Å². The molecular weight excluding hydrogens is 150 g/mol. The van der Waals surface area contributed by atoms with Gasteiger partial charge in [0.1, 0.15) is 0 Å². The Hall–Kier alpha value is -0.530. The SMILES string of the molecule is CCC(CC)NC(=O)C(C)CC. The number of carbonyl (C=O) groups is 1. The molecule has 1 atom stereocenters. The lowest BCUT2D eigenvalue weighted by molar-refractivity contribution is -0.125. The Morgan fingerprint density at radius 3 is 2.00 bits per heavy atom. The van der Waals surface area contributed by atoms with Crippen LogP contribution in [0.4, 0.5) is 0 Å². The van der Waals surface area contributed by atoms with Gasteiger partial charge in [-0.15, -0.1) is 0 Å². The lowest BCUT2D eigenvalue weighted by Gasteiger charge is -2.17. The van der Waals surface area contributed by atoms with Crippen molar-refractivity contribution in [2.45, 2.75) is 53.0 Å². The van der Waals surface area contributed by atoms with E-state index < -0.39 is 0 Å². The van der Waals surface area contributed by atoms with Crippen molar-refractivity contribution in [2.75, 3.05) is 0 Å². The normalized spacial score (nSPS) is 13.1. The molecule has 2 heteroatoms. The molecule has 0 heterocycles. The molecule has 0 radical (unpaired) electrons. The molecule has 0 fully saturated rings. The van der Waals surface area contributed by atoms with E-state index in [1.807, 2.05) is 13.8 Å². The standard InChI is InChI=1S/C10H21NO/c1-5-8(4)10(12)11-9(6-2)7-3/h8-9H,5-7H2,1-4H3,(H,11,12). The molecule has 12 heavy (non-hydrogen) atoms. The van der Waals surface area contributed by atoms with Gasteiger partial charge in [-0.25, -0.2) is 0 Å². The second kappa shape index (κ2) is 6.04. The number of hydrogen-bond acceptors (Lipinski definition) is 1. The lowest BCUT2D eigenvalue weighted by atomic mass is 10.1. The van der Waals surface area contributed by atoms with Crippen LogP contribution in [0.15, 0.2) is 0 Å². The lowest BCUT2D eigenvalue weighted by Crippen LogP contribution is -2.37. The Kier molecular flexibility index (Phi) is 5.77. The van der Waals surface area contributed by atoms with Gasteiger partial charge in [-0.1, -0.05) is 27.7 Å². The van der Waals surface area contributed by atoms with Crippen molar-refractivity contribution < 1.29 is 4.79 Å². The maximum absolute atomic E-state index is 11.4. The molecule has 0 aromatic heterocycles. The Labute approximate surface area is 75.7 Å². The second-order valence-corrected chi connectivity index (χ2v) is 3.33. The molecule has 0 aliphatic carbocycles. The van der Waals surface area contributed by atoms with Gasteiger partial charge in [-0.2, -0.15) is 0 Å². The van der Waals surface area contributed by atoms with E-state index in [-0.39, 0.29) is 11.8 Å². The van der Waals surface area contributed by atoms with Crippen molar-refractivity contribution in [1.29, 1.82) is 0 Å². The summed E-state index contributed by atoms with van der Waals surface area (Å²) in [6.45, 7) is 8.21. The smallest absolute Gasteiger partial charge is 0.223 e. The molecule has 0 rings (SSSR count). The predicted octanol–water partition coefficient (Wildman–Crippen LogP) is 2.34. The summed E-state index contributed by atoms with van der Waals surface area (Å²) in [6, 6.07) is 0.367. The highest BCUT2D eigenvalue weighted by Gasteiger charge is 2.13. The first-order valence-electron chi connectivity index (χ1n) is 4.95. The fourth-order valence-corrected chi connectivity index (χ4v) is 1.02. The quantitative estimate of drug-likeness (QED) is 0.676. The van der Waals surface area contributed by atoms with E-state index in [2.05, 4.69) is 19.2 Å². The van der Waals surface area contributed by atoms with Crippen molar-refractivity contribution in [1.82, 2.24) is 5.32 Å². The van der Waals surface area contributed by atoms with Crippen LogP contribution < -0.4 is 5.32 Å². The Morgan fingerprint density at radius 1 is 1.17 bits per heavy atom. The number of rotatable bonds is 5. The molecule has 1 unspecified atom stereocenters. The average Bonchev–Trinajstić information content (AvgIpc) is 2.12. The molecule has 1 N–H and O–H groups in total. The molecule has 0 spiro atoms. The summed E-state index contributed by atoms with van der Waals surface area (Å²) >= 11 is 0. The largest absolute Gasteiger partial charge is 0.353 e. The minimum Gasteiger partial charge on any atom is -0.353 e. The summed E-state index contributed by atoms with van der Waals surface area (Å²) in [5.74, 6) is 0.358. The fraction of sp³-hybridized carbons (Fsp3) is 0.900. The minimum absolute atomic E-state index is 0.158. The third-order valence-electron chi connectivity index (χ3n) is 2.39. The van der Waals surface area contributed by atoms with Crippen molar-refractivity contribution in [3.8, 4) is 0 Å². The Morgan fingerprint density at radius 2 is 1.67 bits per heavy atom. The summed E-state index contributed by atoms with van der Waals surface area (Å²) in [6.07, 6.45) is 2.98. The zero-order valence-corrected chi connectivity index (χ0v) is 8.68. The zero-order chi connectivity index (χ0) is 9.56. The summed E-state index contributed by atoms with van der Waals surface area (Å²) in [7, 11) is 0. The summed E-state index contributed by atoms with van der Waals surface area (Å²) in [5, 5.41) is 3.03. The zero-order valence-electron chi connectivity index (χ0n) is 8.68. The van der Waals surface area contributed by atoms with E-state index >= 15 is 0 Å². The Bertz CT molecular complexity index is 130. The van der Waals surface area contributed by atoms with E-state index in [1.54, 1.807) is 0 Å². The monoisotopic (exact) mass is 171 g/mol. The first-order chi connectivity index (χ1) is 5.65. The molecule has 0 aromatic carbocycles. The molecule has 0 saturated carbocycles. The molecule has 0 bridgehead atoms. The van der Waals surface area contributed by atoms with Crippen LogP contribution in [0.3, 0.4) is 0 Å². The minimum atomic E-state index is 0.158. The molecule has 0 aliphatic rings. The number of amides is 1. The van der Waals surface area contributed by atoms with Gasteiger partial charge in [-0.3, -0.25) is 4.79 Å².